The third kappa shape index (κ3) is 5.97. The summed E-state index contributed by atoms with van der Waals surface area (Å²) < 4.78 is 44.2. The highest BCUT2D eigenvalue weighted by Gasteiger charge is 2.23. The predicted octanol–water partition coefficient (Wildman–Crippen LogP) is 5.84. The van der Waals surface area contributed by atoms with E-state index in [9.17, 15) is 8.78 Å². The van der Waals surface area contributed by atoms with Gasteiger partial charge in [-0.05, 0) is 73.0 Å². The lowest BCUT2D eigenvalue weighted by atomic mass is 9.99. The number of rotatable bonds is 8. The first-order valence-electron chi connectivity index (χ1n) is 11.4. The summed E-state index contributed by atoms with van der Waals surface area (Å²) in [6.07, 6.45) is 1.87. The van der Waals surface area contributed by atoms with E-state index in [0.29, 0.717) is 29.5 Å². The minimum atomic E-state index is -0.835. The lowest BCUT2D eigenvalue weighted by Crippen LogP contribution is -2.43. The molecule has 0 unspecified atom stereocenters. The van der Waals surface area contributed by atoms with Gasteiger partial charge in [0.2, 0.25) is 5.75 Å². The molecule has 35 heavy (non-hydrogen) atoms. The van der Waals surface area contributed by atoms with Gasteiger partial charge in [0.25, 0.3) is 0 Å². The predicted molar refractivity (Wildman–Crippen MR) is 137 cm³/mol. The van der Waals surface area contributed by atoms with Crippen LogP contribution in [0.25, 0.3) is 11.1 Å². The zero-order valence-corrected chi connectivity index (χ0v) is 21.0. The molecule has 1 heterocycles. The van der Waals surface area contributed by atoms with Crippen molar-refractivity contribution >= 4 is 18.1 Å². The molecule has 1 saturated heterocycles. The average Bonchev–Trinajstić information content (AvgIpc) is 2.88. The zero-order chi connectivity index (χ0) is 24.1. The van der Waals surface area contributed by atoms with E-state index in [1.165, 1.54) is 12.1 Å². The fraction of sp³-hybridized carbons (Fsp3) is 0.333. The van der Waals surface area contributed by atoms with Crippen LogP contribution in [0, 0.1) is 11.6 Å². The van der Waals surface area contributed by atoms with Gasteiger partial charge in [-0.1, -0.05) is 18.2 Å². The maximum absolute atomic E-state index is 14.1. The summed E-state index contributed by atoms with van der Waals surface area (Å²) in [6.45, 7) is 2.38. The highest BCUT2D eigenvalue weighted by atomic mass is 35.5. The molecule has 1 aliphatic rings. The van der Waals surface area contributed by atoms with Crippen LogP contribution in [0.1, 0.15) is 18.4 Å². The van der Waals surface area contributed by atoms with Crippen LogP contribution in [-0.4, -0.2) is 40.5 Å². The Bertz CT molecular complexity index is 1110. The lowest BCUT2D eigenvalue weighted by Gasteiger charge is -2.36. The van der Waals surface area contributed by atoms with Crippen molar-refractivity contribution in [3.8, 4) is 28.4 Å². The van der Waals surface area contributed by atoms with Gasteiger partial charge in [-0.15, -0.1) is 12.4 Å². The molecule has 3 aromatic rings. The number of ether oxygens (including phenoxy) is 3. The first-order valence-corrected chi connectivity index (χ1v) is 11.4. The highest BCUT2D eigenvalue weighted by Crippen LogP contribution is 2.41. The van der Waals surface area contributed by atoms with Gasteiger partial charge in [0, 0.05) is 24.3 Å². The average molecular weight is 505 g/mol. The summed E-state index contributed by atoms with van der Waals surface area (Å²) >= 11 is 0. The maximum Gasteiger partial charge on any atom is 0.203 e. The minimum Gasteiger partial charge on any atom is -0.493 e. The Morgan fingerprint density at radius 2 is 1.51 bits per heavy atom. The van der Waals surface area contributed by atoms with Crippen molar-refractivity contribution in [2.24, 2.45) is 0 Å². The number of piperidine rings is 1. The fourth-order valence-corrected chi connectivity index (χ4v) is 4.51. The molecule has 4 rings (SSSR count). The van der Waals surface area contributed by atoms with Crippen LogP contribution in [0.4, 0.5) is 14.5 Å². The number of hydrogen-bond acceptors (Lipinski definition) is 5. The summed E-state index contributed by atoms with van der Waals surface area (Å²) in [5.74, 6) is 0.0436. The van der Waals surface area contributed by atoms with Gasteiger partial charge >= 0.3 is 0 Å². The van der Waals surface area contributed by atoms with Crippen molar-refractivity contribution in [3.63, 3.8) is 0 Å². The third-order valence-corrected chi connectivity index (χ3v) is 6.26. The van der Waals surface area contributed by atoms with Crippen molar-refractivity contribution < 1.29 is 23.0 Å². The molecule has 0 atom stereocenters. The molecule has 3 aromatic carbocycles. The fourth-order valence-electron chi connectivity index (χ4n) is 4.51. The van der Waals surface area contributed by atoms with Crippen LogP contribution in [-0.2, 0) is 6.54 Å². The maximum atomic E-state index is 14.1. The van der Waals surface area contributed by atoms with E-state index < -0.39 is 11.6 Å². The van der Waals surface area contributed by atoms with E-state index in [-0.39, 0.29) is 18.4 Å². The highest BCUT2D eigenvalue weighted by molar-refractivity contribution is 5.85. The van der Waals surface area contributed by atoms with Crippen LogP contribution in [0.3, 0.4) is 0 Å². The number of nitrogens with zero attached hydrogens (tertiary/aromatic N) is 1. The second-order valence-electron chi connectivity index (χ2n) is 8.32. The molecule has 0 saturated carbocycles. The Morgan fingerprint density at radius 3 is 2.11 bits per heavy atom. The van der Waals surface area contributed by atoms with Gasteiger partial charge in [0.15, 0.2) is 23.1 Å². The summed E-state index contributed by atoms with van der Waals surface area (Å²) in [7, 11) is 4.76. The van der Waals surface area contributed by atoms with Crippen LogP contribution in [0.5, 0.6) is 17.2 Å². The molecule has 1 N–H and O–H groups in total. The molecule has 5 nitrogen and oxygen atoms in total. The van der Waals surface area contributed by atoms with E-state index in [1.807, 2.05) is 24.3 Å². The number of nitrogens with one attached hydrogen (secondary N) is 1. The second-order valence-corrected chi connectivity index (χ2v) is 8.32. The third-order valence-electron chi connectivity index (χ3n) is 6.26. The van der Waals surface area contributed by atoms with Crippen molar-refractivity contribution in [2.45, 2.75) is 25.4 Å². The molecular weight excluding hydrogens is 474 g/mol. The number of anilines is 1. The normalized spacial score (nSPS) is 13.6. The van der Waals surface area contributed by atoms with Crippen LogP contribution in [0.2, 0.25) is 0 Å². The van der Waals surface area contributed by atoms with Crippen molar-refractivity contribution in [1.29, 1.82) is 0 Å². The van der Waals surface area contributed by atoms with Gasteiger partial charge in [0.05, 0.1) is 21.3 Å². The zero-order valence-electron chi connectivity index (χ0n) is 20.1. The monoisotopic (exact) mass is 504 g/mol. The summed E-state index contributed by atoms with van der Waals surface area (Å²) in [6, 6.07) is 16.4. The lowest BCUT2D eigenvalue weighted by molar-refractivity contribution is 0.324. The van der Waals surface area contributed by atoms with Gasteiger partial charge in [-0.2, -0.15) is 0 Å². The SMILES string of the molecule is COc1cc(-c2cccc(CN(c3ccc(F)c(F)c3)C3CCNCC3)c2)cc(OC)c1OC.Cl. The Morgan fingerprint density at radius 1 is 0.829 bits per heavy atom. The number of methoxy groups -OCH3 is 3. The Balaban J connectivity index is 0.00000342. The molecule has 0 aliphatic carbocycles. The van der Waals surface area contributed by atoms with E-state index in [2.05, 4.69) is 22.3 Å². The molecule has 0 amide bonds. The van der Waals surface area contributed by atoms with Crippen LogP contribution >= 0.6 is 12.4 Å². The molecule has 8 heteroatoms. The van der Waals surface area contributed by atoms with Crippen LogP contribution in [0.15, 0.2) is 54.6 Å². The molecule has 1 fully saturated rings. The van der Waals surface area contributed by atoms with Crippen molar-refractivity contribution in [2.75, 3.05) is 39.3 Å². The second kappa shape index (κ2) is 12.1. The number of hydrogen-bond donors (Lipinski definition) is 1. The molecule has 188 valence electrons. The summed E-state index contributed by atoms with van der Waals surface area (Å²) in [4.78, 5) is 2.18. The van der Waals surface area contributed by atoms with Gasteiger partial charge < -0.3 is 24.4 Å². The Labute approximate surface area is 211 Å². The van der Waals surface area contributed by atoms with Gasteiger partial charge in [0.1, 0.15) is 0 Å². The topological polar surface area (TPSA) is 43.0 Å². The standard InChI is InChI=1S/C27H30F2N2O3.ClH/c1-32-25-14-20(15-26(33-2)27(25)34-3)19-6-4-5-18(13-19)17-31(21-9-11-30-12-10-21)22-7-8-23(28)24(29)16-22;/h4-8,13-16,21,30H,9-12,17H2,1-3H3;1H. The van der Waals surface area contributed by atoms with Gasteiger partial charge in [-0.25, -0.2) is 8.78 Å². The van der Waals surface area contributed by atoms with E-state index in [1.54, 1.807) is 27.4 Å². The molecule has 0 bridgehead atoms. The van der Waals surface area contributed by atoms with Crippen molar-refractivity contribution in [3.05, 3.63) is 71.8 Å². The first-order chi connectivity index (χ1) is 16.5. The van der Waals surface area contributed by atoms with E-state index in [0.717, 1.165) is 42.6 Å². The molecule has 1 aliphatic heterocycles. The quantitative estimate of drug-likeness (QED) is 0.417. The molecular formula is C27H31ClF2N2O3. The Hall–Kier alpha value is -3.03. The smallest absolute Gasteiger partial charge is 0.203 e. The molecule has 0 radical (unpaired) electrons. The number of halogens is 3. The molecule has 0 spiro atoms. The van der Waals surface area contributed by atoms with Crippen molar-refractivity contribution in [1.82, 2.24) is 5.32 Å². The van der Waals surface area contributed by atoms with Gasteiger partial charge in [-0.3, -0.25) is 0 Å². The molecule has 0 aromatic heterocycles. The Kier molecular flexibility index (Phi) is 9.18. The first kappa shape index (κ1) is 26.6. The summed E-state index contributed by atoms with van der Waals surface area (Å²) in [5.41, 5.74) is 3.67. The van der Waals surface area contributed by atoms with Crippen LogP contribution < -0.4 is 24.4 Å². The minimum absolute atomic E-state index is 0. The summed E-state index contributed by atoms with van der Waals surface area (Å²) in [5, 5.41) is 3.37. The van der Waals surface area contributed by atoms with E-state index >= 15 is 0 Å². The number of benzene rings is 3. The van der Waals surface area contributed by atoms with E-state index in [4.69, 9.17) is 14.2 Å². The largest absolute Gasteiger partial charge is 0.493 e.